The molecule has 0 bridgehead atoms. The maximum absolute atomic E-state index is 12.2. The number of benzene rings is 1. The molecule has 0 saturated carbocycles. The van der Waals surface area contributed by atoms with Crippen molar-refractivity contribution in [3.8, 4) is 0 Å². The minimum atomic E-state index is -3.93. The predicted molar refractivity (Wildman–Crippen MR) is 77.7 cm³/mol. The van der Waals surface area contributed by atoms with E-state index >= 15 is 0 Å². The molecule has 0 fully saturated rings. The number of nitrogens with zero attached hydrogens (tertiary/aromatic N) is 1. The fraction of sp³-hybridized carbons (Fsp3) is 0.167. The van der Waals surface area contributed by atoms with Crippen LogP contribution in [-0.2, 0) is 10.0 Å². The quantitative estimate of drug-likeness (QED) is 0.938. The van der Waals surface area contributed by atoms with E-state index in [9.17, 15) is 13.2 Å². The lowest BCUT2D eigenvalue weighted by Gasteiger charge is -2.10. The molecular formula is C12H11ClN2O3S2. The lowest BCUT2D eigenvalue weighted by atomic mass is 10.1. The van der Waals surface area contributed by atoms with E-state index in [1.807, 2.05) is 4.72 Å². The van der Waals surface area contributed by atoms with Gasteiger partial charge >= 0.3 is 0 Å². The highest BCUT2D eigenvalue weighted by atomic mass is 35.5. The summed E-state index contributed by atoms with van der Waals surface area (Å²) in [6.07, 6.45) is 0. The third kappa shape index (κ3) is 2.84. The van der Waals surface area contributed by atoms with Crippen LogP contribution in [0.15, 0.2) is 28.6 Å². The molecule has 8 heteroatoms. The number of thiazole rings is 1. The fourth-order valence-electron chi connectivity index (χ4n) is 1.62. The Morgan fingerprint density at radius 3 is 2.65 bits per heavy atom. The number of hydrogen-bond acceptors (Lipinski definition) is 5. The molecule has 0 spiro atoms. The summed E-state index contributed by atoms with van der Waals surface area (Å²) in [6, 6.07) is 4.88. The molecule has 1 N–H and O–H groups in total. The van der Waals surface area contributed by atoms with Gasteiger partial charge in [0.25, 0.3) is 15.9 Å². The van der Waals surface area contributed by atoms with E-state index in [0.717, 1.165) is 16.9 Å². The van der Waals surface area contributed by atoms with E-state index < -0.39 is 15.9 Å². The second-order valence-electron chi connectivity index (χ2n) is 4.10. The van der Waals surface area contributed by atoms with Gasteiger partial charge in [0.1, 0.15) is 4.88 Å². The number of aryl methyl sites for hydroxylation is 1. The number of nitrogens with one attached hydrogen (secondary N) is 1. The monoisotopic (exact) mass is 330 g/mol. The maximum atomic E-state index is 12.2. The van der Waals surface area contributed by atoms with Crippen molar-refractivity contribution in [3.63, 3.8) is 0 Å². The van der Waals surface area contributed by atoms with Gasteiger partial charge in [0.2, 0.25) is 0 Å². The summed E-state index contributed by atoms with van der Waals surface area (Å²) in [4.78, 5) is 15.8. The number of carbonyl (C=O) groups is 1. The average molecular weight is 331 g/mol. The second-order valence-corrected chi connectivity index (χ2v) is 6.97. The summed E-state index contributed by atoms with van der Waals surface area (Å²) >= 11 is 6.69. The Bertz CT molecular complexity index is 769. The smallest absolute Gasteiger partial charge is 0.267 e. The van der Waals surface area contributed by atoms with Crippen LogP contribution in [0.5, 0.6) is 0 Å². The van der Waals surface area contributed by atoms with Crippen molar-refractivity contribution >= 4 is 38.9 Å². The largest absolute Gasteiger partial charge is 0.278 e. The first kappa shape index (κ1) is 15.0. The molecule has 1 heterocycles. The molecule has 2 aromatic rings. The van der Waals surface area contributed by atoms with E-state index in [1.165, 1.54) is 11.6 Å². The topological polar surface area (TPSA) is 76.1 Å². The van der Waals surface area contributed by atoms with Gasteiger partial charge in [-0.2, -0.15) is 0 Å². The van der Waals surface area contributed by atoms with Gasteiger partial charge in [-0.15, -0.1) is 11.3 Å². The van der Waals surface area contributed by atoms with Crippen LogP contribution in [0.4, 0.5) is 0 Å². The molecule has 1 amide bonds. The van der Waals surface area contributed by atoms with E-state index in [0.29, 0.717) is 5.56 Å². The van der Waals surface area contributed by atoms with Crippen molar-refractivity contribution in [2.45, 2.75) is 18.7 Å². The molecule has 0 unspecified atom stereocenters. The minimum absolute atomic E-state index is 0.0105. The van der Waals surface area contributed by atoms with Gasteiger partial charge in [0.05, 0.1) is 10.4 Å². The molecule has 0 aliphatic carbocycles. The Labute approximate surface area is 125 Å². The molecule has 0 saturated heterocycles. The van der Waals surface area contributed by atoms with E-state index in [-0.39, 0.29) is 14.9 Å². The standard InChI is InChI=1S/C12H11ClN2O3S2/c1-7-4-3-5-9(8(7)2)20(17,18)15-12(16)10-11(13)14-6-19-10/h3-6H,1-2H3,(H,15,16). The predicted octanol–water partition coefficient (Wildman–Crippen LogP) is 2.53. The number of rotatable bonds is 3. The van der Waals surface area contributed by atoms with Crippen LogP contribution in [0.25, 0.3) is 0 Å². The molecule has 5 nitrogen and oxygen atoms in total. The van der Waals surface area contributed by atoms with Crippen molar-refractivity contribution in [1.82, 2.24) is 9.71 Å². The number of hydrogen-bond donors (Lipinski definition) is 1. The molecule has 106 valence electrons. The summed E-state index contributed by atoms with van der Waals surface area (Å²) in [5, 5.41) is -0.0105. The average Bonchev–Trinajstić information content (AvgIpc) is 2.78. The number of aromatic nitrogens is 1. The molecule has 0 radical (unpaired) electrons. The van der Waals surface area contributed by atoms with Gasteiger partial charge in [-0.1, -0.05) is 23.7 Å². The third-order valence-corrected chi connectivity index (χ3v) is 5.50. The van der Waals surface area contributed by atoms with Crippen LogP contribution in [0, 0.1) is 13.8 Å². The number of sulfonamides is 1. The second kappa shape index (κ2) is 5.51. The van der Waals surface area contributed by atoms with E-state index in [1.54, 1.807) is 26.0 Å². The molecule has 1 aromatic carbocycles. The third-order valence-electron chi connectivity index (χ3n) is 2.80. The van der Waals surface area contributed by atoms with Gasteiger partial charge in [-0.25, -0.2) is 18.1 Å². The SMILES string of the molecule is Cc1cccc(S(=O)(=O)NC(=O)c2scnc2Cl)c1C. The number of carbonyl (C=O) groups excluding carboxylic acids is 1. The first-order chi connectivity index (χ1) is 9.33. The van der Waals surface area contributed by atoms with Crippen molar-refractivity contribution < 1.29 is 13.2 Å². The summed E-state index contributed by atoms with van der Waals surface area (Å²) in [6.45, 7) is 3.49. The van der Waals surface area contributed by atoms with Gasteiger partial charge in [0, 0.05) is 0 Å². The van der Waals surface area contributed by atoms with Crippen LogP contribution in [0.1, 0.15) is 20.8 Å². The maximum Gasteiger partial charge on any atom is 0.278 e. The van der Waals surface area contributed by atoms with Crippen LogP contribution < -0.4 is 4.72 Å². The lowest BCUT2D eigenvalue weighted by Crippen LogP contribution is -2.30. The van der Waals surface area contributed by atoms with Gasteiger partial charge in [0.15, 0.2) is 5.15 Å². The molecule has 0 atom stereocenters. The zero-order chi connectivity index (χ0) is 14.9. The zero-order valence-corrected chi connectivity index (χ0v) is 13.1. The lowest BCUT2D eigenvalue weighted by molar-refractivity contribution is 0.0985. The number of halogens is 1. The highest BCUT2D eigenvalue weighted by Crippen LogP contribution is 2.21. The summed E-state index contributed by atoms with van der Waals surface area (Å²) in [5.41, 5.74) is 2.81. The minimum Gasteiger partial charge on any atom is -0.267 e. The normalized spacial score (nSPS) is 11.3. The Hall–Kier alpha value is -1.44. The summed E-state index contributed by atoms with van der Waals surface area (Å²) < 4.78 is 26.5. The van der Waals surface area contributed by atoms with Gasteiger partial charge < -0.3 is 0 Å². The molecule has 0 aliphatic heterocycles. The van der Waals surface area contributed by atoms with E-state index in [4.69, 9.17) is 11.6 Å². The Morgan fingerprint density at radius 1 is 1.35 bits per heavy atom. The van der Waals surface area contributed by atoms with Crippen LogP contribution >= 0.6 is 22.9 Å². The first-order valence-corrected chi connectivity index (χ1v) is 8.29. The van der Waals surface area contributed by atoms with Crippen molar-refractivity contribution in [3.05, 3.63) is 44.9 Å². The number of amides is 1. The highest BCUT2D eigenvalue weighted by Gasteiger charge is 2.23. The Balaban J connectivity index is 2.35. The first-order valence-electron chi connectivity index (χ1n) is 5.55. The van der Waals surface area contributed by atoms with Crippen LogP contribution in [0.2, 0.25) is 5.15 Å². The van der Waals surface area contributed by atoms with Gasteiger partial charge in [-0.05, 0) is 31.0 Å². The summed E-state index contributed by atoms with van der Waals surface area (Å²) in [7, 11) is -3.93. The van der Waals surface area contributed by atoms with Crippen molar-refractivity contribution in [1.29, 1.82) is 0 Å². The van der Waals surface area contributed by atoms with Gasteiger partial charge in [-0.3, -0.25) is 4.79 Å². The van der Waals surface area contributed by atoms with Crippen LogP contribution in [0.3, 0.4) is 0 Å². The molecule has 1 aromatic heterocycles. The Morgan fingerprint density at radius 2 is 2.05 bits per heavy atom. The Kier molecular flexibility index (Phi) is 4.12. The molecular weight excluding hydrogens is 320 g/mol. The highest BCUT2D eigenvalue weighted by molar-refractivity contribution is 7.90. The zero-order valence-electron chi connectivity index (χ0n) is 10.7. The summed E-state index contributed by atoms with van der Waals surface area (Å²) in [5.74, 6) is -0.779. The molecule has 20 heavy (non-hydrogen) atoms. The molecule has 0 aliphatic rings. The fourth-order valence-corrected chi connectivity index (χ4v) is 3.86. The van der Waals surface area contributed by atoms with Crippen molar-refractivity contribution in [2.75, 3.05) is 0 Å². The van der Waals surface area contributed by atoms with E-state index in [2.05, 4.69) is 4.98 Å². The molecule has 2 rings (SSSR count). The van der Waals surface area contributed by atoms with Crippen LogP contribution in [-0.4, -0.2) is 19.3 Å². The van der Waals surface area contributed by atoms with Crippen molar-refractivity contribution in [2.24, 2.45) is 0 Å².